The molecule has 23 heavy (non-hydrogen) atoms. The Hall–Kier alpha value is -2.92. The normalized spacial score (nSPS) is 10.5. The molecular formula is C17H12ClNO4. The first-order valence-electron chi connectivity index (χ1n) is 6.58. The topological polar surface area (TPSA) is 83.5 Å². The summed E-state index contributed by atoms with van der Waals surface area (Å²) in [7, 11) is 0. The number of amides is 1. The lowest BCUT2D eigenvalue weighted by atomic mass is 10.0. The average molecular weight is 330 g/mol. The van der Waals surface area contributed by atoms with Gasteiger partial charge in [-0.3, -0.25) is 9.59 Å². The third-order valence-corrected chi connectivity index (χ3v) is 3.13. The van der Waals surface area contributed by atoms with Crippen LogP contribution in [0.15, 0.2) is 60.7 Å². The Kier molecular flexibility index (Phi) is 5.28. The molecule has 0 aromatic heterocycles. The fraction of sp³-hybridized carbons (Fsp3) is 0. The highest BCUT2D eigenvalue weighted by atomic mass is 35.5. The Bertz CT molecular complexity index is 784. The van der Waals surface area contributed by atoms with Gasteiger partial charge in [0.1, 0.15) is 0 Å². The number of hydrogen-bond acceptors (Lipinski definition) is 3. The molecule has 1 amide bonds. The molecule has 0 heterocycles. The number of benzene rings is 2. The molecule has 0 aliphatic heterocycles. The minimum atomic E-state index is -1.24. The van der Waals surface area contributed by atoms with Crippen LogP contribution in [0.3, 0.4) is 0 Å². The zero-order valence-corrected chi connectivity index (χ0v) is 12.6. The van der Waals surface area contributed by atoms with Crippen molar-refractivity contribution in [2.75, 3.05) is 5.32 Å². The Balaban J connectivity index is 2.33. The zero-order valence-electron chi connectivity index (χ0n) is 11.8. The highest BCUT2D eigenvalue weighted by Gasteiger charge is 2.15. The molecule has 0 aliphatic rings. The second kappa shape index (κ2) is 7.38. The molecule has 2 N–H and O–H groups in total. The van der Waals surface area contributed by atoms with E-state index in [1.54, 1.807) is 30.3 Å². The van der Waals surface area contributed by atoms with E-state index in [9.17, 15) is 14.4 Å². The van der Waals surface area contributed by atoms with Crippen molar-refractivity contribution in [2.24, 2.45) is 0 Å². The van der Waals surface area contributed by atoms with Crippen molar-refractivity contribution < 1.29 is 19.5 Å². The molecule has 0 radical (unpaired) electrons. The summed E-state index contributed by atoms with van der Waals surface area (Å²) in [5.74, 6) is -2.20. The monoisotopic (exact) mass is 329 g/mol. The van der Waals surface area contributed by atoms with E-state index < -0.39 is 11.9 Å². The summed E-state index contributed by atoms with van der Waals surface area (Å²) in [4.78, 5) is 34.7. The molecule has 0 atom stereocenters. The highest BCUT2D eigenvalue weighted by molar-refractivity contribution is 6.31. The first kappa shape index (κ1) is 16.5. The molecule has 5 nitrogen and oxygen atoms in total. The number of anilines is 1. The fourth-order valence-electron chi connectivity index (χ4n) is 1.88. The molecule has 2 rings (SSSR count). The van der Waals surface area contributed by atoms with Gasteiger partial charge in [0.2, 0.25) is 5.91 Å². The summed E-state index contributed by atoms with van der Waals surface area (Å²) in [5.41, 5.74) is 0.926. The first-order valence-corrected chi connectivity index (χ1v) is 6.96. The predicted octanol–water partition coefficient (Wildman–Crippen LogP) is 3.15. The number of carbonyl (C=O) groups excluding carboxylic acids is 2. The standard InChI is InChI=1S/C17H12ClNO4/c18-12-6-7-14(19-15(20)8-9-16(21)22)13(10-12)17(23)11-4-2-1-3-5-11/h1-10H,(H,19,20)(H,21,22). The van der Waals surface area contributed by atoms with Gasteiger partial charge in [-0.15, -0.1) is 0 Å². The molecule has 0 spiro atoms. The molecule has 2 aromatic rings. The number of carboxylic acid groups (broad SMARTS) is 1. The van der Waals surface area contributed by atoms with Crippen LogP contribution in [-0.2, 0) is 9.59 Å². The van der Waals surface area contributed by atoms with Gasteiger partial charge in [-0.05, 0) is 18.2 Å². The number of hydrogen-bond donors (Lipinski definition) is 2. The van der Waals surface area contributed by atoms with Crippen LogP contribution in [-0.4, -0.2) is 22.8 Å². The van der Waals surface area contributed by atoms with Crippen LogP contribution in [0.1, 0.15) is 15.9 Å². The van der Waals surface area contributed by atoms with Crippen LogP contribution < -0.4 is 5.32 Å². The maximum absolute atomic E-state index is 12.5. The van der Waals surface area contributed by atoms with Crippen molar-refractivity contribution in [1.29, 1.82) is 0 Å². The van der Waals surface area contributed by atoms with Gasteiger partial charge < -0.3 is 10.4 Å². The van der Waals surface area contributed by atoms with E-state index in [2.05, 4.69) is 5.32 Å². The van der Waals surface area contributed by atoms with E-state index >= 15 is 0 Å². The molecule has 0 unspecified atom stereocenters. The second-order valence-corrected chi connectivity index (χ2v) is 4.98. The van der Waals surface area contributed by atoms with E-state index in [1.807, 2.05) is 0 Å². The number of carbonyl (C=O) groups is 3. The average Bonchev–Trinajstić information content (AvgIpc) is 2.54. The lowest BCUT2D eigenvalue weighted by molar-refractivity contribution is -0.131. The van der Waals surface area contributed by atoms with Crippen LogP contribution in [0.5, 0.6) is 0 Å². The maximum Gasteiger partial charge on any atom is 0.328 e. The Morgan fingerprint density at radius 1 is 1.00 bits per heavy atom. The van der Waals surface area contributed by atoms with Gasteiger partial charge in [-0.1, -0.05) is 41.9 Å². The predicted molar refractivity (Wildman–Crippen MR) is 86.7 cm³/mol. The van der Waals surface area contributed by atoms with Crippen LogP contribution >= 0.6 is 11.6 Å². The molecule has 0 aliphatic carbocycles. The molecule has 2 aromatic carbocycles. The lowest BCUT2D eigenvalue weighted by Crippen LogP contribution is -2.13. The second-order valence-electron chi connectivity index (χ2n) is 4.55. The molecule has 0 saturated heterocycles. The maximum atomic E-state index is 12.5. The molecule has 0 bridgehead atoms. The quantitative estimate of drug-likeness (QED) is 0.652. The highest BCUT2D eigenvalue weighted by Crippen LogP contribution is 2.23. The van der Waals surface area contributed by atoms with Crippen LogP contribution in [0.4, 0.5) is 5.69 Å². The van der Waals surface area contributed by atoms with Crippen molar-refractivity contribution in [3.63, 3.8) is 0 Å². The van der Waals surface area contributed by atoms with E-state index in [0.29, 0.717) is 16.7 Å². The SMILES string of the molecule is O=C(O)C=CC(=O)Nc1ccc(Cl)cc1C(=O)c1ccccc1. The minimum absolute atomic E-state index is 0.223. The number of nitrogens with one attached hydrogen (secondary N) is 1. The van der Waals surface area contributed by atoms with Crippen molar-refractivity contribution in [3.8, 4) is 0 Å². The van der Waals surface area contributed by atoms with Gasteiger partial charge >= 0.3 is 5.97 Å². The van der Waals surface area contributed by atoms with Gasteiger partial charge in [0.25, 0.3) is 0 Å². The van der Waals surface area contributed by atoms with Crippen LogP contribution in [0.2, 0.25) is 5.02 Å². The summed E-state index contributed by atoms with van der Waals surface area (Å²) in [6, 6.07) is 13.0. The molecule has 0 fully saturated rings. The van der Waals surface area contributed by atoms with Gasteiger partial charge in [0, 0.05) is 28.3 Å². The molecular weight excluding hydrogens is 318 g/mol. The molecule has 6 heteroatoms. The van der Waals surface area contributed by atoms with Crippen molar-refractivity contribution >= 4 is 34.9 Å². The summed E-state index contributed by atoms with van der Waals surface area (Å²) in [6.45, 7) is 0. The summed E-state index contributed by atoms with van der Waals surface area (Å²) < 4.78 is 0. The number of rotatable bonds is 5. The number of ketones is 1. The molecule has 0 saturated carbocycles. The number of aliphatic carboxylic acids is 1. The Morgan fingerprint density at radius 2 is 1.70 bits per heavy atom. The van der Waals surface area contributed by atoms with Gasteiger partial charge in [-0.25, -0.2) is 4.79 Å². The van der Waals surface area contributed by atoms with Gasteiger partial charge in [0.15, 0.2) is 5.78 Å². The number of carboxylic acids is 1. The molecule has 116 valence electrons. The first-order chi connectivity index (χ1) is 11.0. The minimum Gasteiger partial charge on any atom is -0.478 e. The summed E-state index contributed by atoms with van der Waals surface area (Å²) in [6.07, 6.45) is 1.58. The third kappa shape index (κ3) is 4.52. The zero-order chi connectivity index (χ0) is 16.8. The van der Waals surface area contributed by atoms with Crippen LogP contribution in [0, 0.1) is 0 Å². The Labute approximate surface area is 137 Å². The van der Waals surface area contributed by atoms with E-state index in [4.69, 9.17) is 16.7 Å². The Morgan fingerprint density at radius 3 is 2.35 bits per heavy atom. The lowest BCUT2D eigenvalue weighted by Gasteiger charge is -2.10. The fourth-order valence-corrected chi connectivity index (χ4v) is 2.05. The van der Waals surface area contributed by atoms with Crippen LogP contribution in [0.25, 0.3) is 0 Å². The van der Waals surface area contributed by atoms with Gasteiger partial charge in [0.05, 0.1) is 5.69 Å². The smallest absolute Gasteiger partial charge is 0.328 e. The third-order valence-electron chi connectivity index (χ3n) is 2.90. The summed E-state index contributed by atoms with van der Waals surface area (Å²) >= 11 is 5.93. The summed E-state index contributed by atoms with van der Waals surface area (Å²) in [5, 5.41) is 11.3. The van der Waals surface area contributed by atoms with Crippen molar-refractivity contribution in [1.82, 2.24) is 0 Å². The van der Waals surface area contributed by atoms with Gasteiger partial charge in [-0.2, -0.15) is 0 Å². The largest absolute Gasteiger partial charge is 0.478 e. The number of halogens is 1. The van der Waals surface area contributed by atoms with E-state index in [0.717, 1.165) is 6.08 Å². The van der Waals surface area contributed by atoms with E-state index in [-0.39, 0.29) is 17.0 Å². The van der Waals surface area contributed by atoms with Crippen molar-refractivity contribution in [2.45, 2.75) is 0 Å². The van der Waals surface area contributed by atoms with Crippen molar-refractivity contribution in [3.05, 3.63) is 76.8 Å². The van der Waals surface area contributed by atoms with E-state index in [1.165, 1.54) is 18.2 Å².